The highest BCUT2D eigenvalue weighted by Gasteiger charge is 2.42. The molecule has 0 unspecified atom stereocenters. The average molecular weight is 1610 g/mol. The summed E-state index contributed by atoms with van der Waals surface area (Å²) < 4.78 is 2.48. The van der Waals surface area contributed by atoms with Crippen molar-refractivity contribution in [2.45, 2.75) is 245 Å². The van der Waals surface area contributed by atoms with E-state index in [4.69, 9.17) is 0 Å². The number of fused-ring (bicyclic) bond motifs is 9. The molecule has 0 bridgehead atoms. The van der Waals surface area contributed by atoms with Gasteiger partial charge < -0.3 is 4.57 Å². The van der Waals surface area contributed by atoms with Crippen LogP contribution in [0.5, 0.6) is 0 Å². The second-order valence-corrected chi connectivity index (χ2v) is 35.8. The van der Waals surface area contributed by atoms with Crippen LogP contribution in [-0.2, 0) is 31.1 Å². The molecule has 15 rings (SSSR count). The maximum Gasteiger partial charge on any atom is 0.0541 e. The van der Waals surface area contributed by atoms with Crippen molar-refractivity contribution in [3.8, 4) is 27.9 Å². The third kappa shape index (κ3) is 22.3. The van der Waals surface area contributed by atoms with Gasteiger partial charge in [0.05, 0.1) is 11.0 Å². The summed E-state index contributed by atoms with van der Waals surface area (Å²) in [6.45, 7) is 13.9. The fraction of sp³-hybridized carbons (Fsp3) is 0.311. The van der Waals surface area contributed by atoms with Gasteiger partial charge >= 0.3 is 0 Å². The summed E-state index contributed by atoms with van der Waals surface area (Å²) in [5.41, 5.74) is 37.2. The molecule has 0 amide bonds. The first kappa shape index (κ1) is 86.8. The van der Waals surface area contributed by atoms with Gasteiger partial charge in [0.2, 0.25) is 0 Å². The van der Waals surface area contributed by atoms with E-state index in [1.165, 1.54) is 334 Å². The van der Waals surface area contributed by atoms with E-state index in [2.05, 4.69) is 374 Å². The van der Waals surface area contributed by atoms with Crippen LogP contribution in [0.1, 0.15) is 331 Å². The van der Waals surface area contributed by atoms with Crippen LogP contribution in [0.25, 0.3) is 123 Å². The van der Waals surface area contributed by atoms with Crippen LogP contribution in [0.2, 0.25) is 0 Å². The number of benzene rings is 12. The fourth-order valence-corrected chi connectivity index (χ4v) is 19.4. The van der Waals surface area contributed by atoms with Gasteiger partial charge in [-0.3, -0.25) is 0 Å². The Labute approximate surface area is 739 Å². The van der Waals surface area contributed by atoms with Crippen molar-refractivity contribution in [1.29, 1.82) is 0 Å². The van der Waals surface area contributed by atoms with E-state index >= 15 is 0 Å². The van der Waals surface area contributed by atoms with Crippen molar-refractivity contribution in [2.24, 2.45) is 0 Å². The highest BCUT2D eigenvalue weighted by molar-refractivity contribution is 6.10. The molecular weight excluding hydrogens is 1480 g/mol. The molecule has 0 fully saturated rings. The monoisotopic (exact) mass is 1610 g/mol. The molecule has 1 nitrogen and oxygen atoms in total. The molecule has 0 atom stereocenters. The Kier molecular flexibility index (Phi) is 30.9. The topological polar surface area (TPSA) is 4.93 Å². The predicted octanol–water partition coefficient (Wildman–Crippen LogP) is 35.7. The lowest BCUT2D eigenvalue weighted by Gasteiger charge is -2.33. The maximum absolute atomic E-state index is 2.56. The highest BCUT2D eigenvalue weighted by Crippen LogP contribution is 2.56. The fourth-order valence-electron chi connectivity index (χ4n) is 19.4. The summed E-state index contributed by atoms with van der Waals surface area (Å²) in [5, 5.41) is 2.75. The Morgan fingerprint density at radius 3 is 0.797 bits per heavy atom. The van der Waals surface area contributed by atoms with Crippen LogP contribution in [0, 0.1) is 0 Å². The molecule has 1 heteroatoms. The average Bonchev–Trinajstić information content (AvgIpc) is 1.58. The standard InChI is InChI=1S/C122H133N/c1-7-13-19-25-31-101-69-79-111-113(85-101)114-86-102(32-26-20-14-8-2)70-80-112(114)121(111)107-73-63-99(64-74-107)57-55-95-43-39-91(40-44-95)35-37-93-47-51-97(52-48-93)59-61-105-67-77-109-110-78-68-106(90-118(110)122(117(109)89-105,83-29-23-17-11-5)84-30-24-18-12-6)62-60-98-53-49-94(50-54-98)38-36-92-41-45-96(46-42-92)56-58-100-65-75-108(76-66-100)123-119-81-71-103(33-27-21-15-9-3)87-115(119)116-88-104(72-82-120(116)123)34-28-22-16-10-4/h35-82,85-90,121H,7-34,83-84H2,1-6H3/b37-35+,38-36+,57-55+,58-56+,61-59+,62-60+. The van der Waals surface area contributed by atoms with Gasteiger partial charge in [0.15, 0.2) is 0 Å². The van der Waals surface area contributed by atoms with Crippen molar-refractivity contribution < 1.29 is 0 Å². The molecule has 626 valence electrons. The minimum Gasteiger partial charge on any atom is -0.309 e. The zero-order valence-corrected chi connectivity index (χ0v) is 74.9. The maximum atomic E-state index is 2.56. The molecule has 123 heavy (non-hydrogen) atoms. The summed E-state index contributed by atoms with van der Waals surface area (Å²) in [5.74, 6) is 0.256. The Morgan fingerprint density at radius 2 is 0.488 bits per heavy atom. The second kappa shape index (κ2) is 43.8. The lowest BCUT2D eigenvalue weighted by Crippen LogP contribution is -2.25. The van der Waals surface area contributed by atoms with Crippen LogP contribution in [0.4, 0.5) is 0 Å². The van der Waals surface area contributed by atoms with Crippen LogP contribution in [0.3, 0.4) is 0 Å². The lowest BCUT2D eigenvalue weighted by molar-refractivity contribution is 0.401. The highest BCUT2D eigenvalue weighted by atomic mass is 15.0. The van der Waals surface area contributed by atoms with Gasteiger partial charge in [-0.1, -0.05) is 461 Å². The quantitative estimate of drug-likeness (QED) is 0.0265. The van der Waals surface area contributed by atoms with E-state index in [1.54, 1.807) is 0 Å². The third-order valence-corrected chi connectivity index (χ3v) is 26.6. The van der Waals surface area contributed by atoms with Gasteiger partial charge in [0.1, 0.15) is 0 Å². The first-order chi connectivity index (χ1) is 60.7. The molecule has 1 aromatic heterocycles. The van der Waals surface area contributed by atoms with Crippen molar-refractivity contribution in [3.05, 3.63) is 372 Å². The van der Waals surface area contributed by atoms with E-state index in [1.807, 2.05) is 0 Å². The summed E-state index contributed by atoms with van der Waals surface area (Å²) in [7, 11) is 0. The summed E-state index contributed by atoms with van der Waals surface area (Å²) in [4.78, 5) is 0. The van der Waals surface area contributed by atoms with Crippen LogP contribution < -0.4 is 0 Å². The molecule has 12 aromatic carbocycles. The molecule has 0 radical (unpaired) electrons. The SMILES string of the molecule is CCCCCCc1ccc2c(c1)-c1cc(CCCCCC)ccc1C2c1ccc(/C=C/c2ccc(/C=C/c3ccc(/C=C/c4ccc5c(c4)C(CCCCCC)(CCCCCC)c4cc(/C=C/c6ccc(/C=C/c7ccc(/C=C/c8ccc(-n9c%10ccc(CCCCCC)cc%10c%10cc(CCCCCC)ccc%109)cc8)cc7)cc6)ccc4-5)cc3)cc2)cc1. The number of hydrogen-bond donors (Lipinski definition) is 0. The van der Waals surface area contributed by atoms with Gasteiger partial charge in [-0.15, -0.1) is 0 Å². The van der Waals surface area contributed by atoms with E-state index in [-0.39, 0.29) is 11.3 Å². The largest absolute Gasteiger partial charge is 0.309 e. The predicted molar refractivity (Wildman–Crippen MR) is 541 cm³/mol. The molecule has 0 aliphatic heterocycles. The molecule has 0 saturated carbocycles. The Morgan fingerprint density at radius 1 is 0.228 bits per heavy atom. The molecule has 13 aromatic rings. The zero-order chi connectivity index (χ0) is 84.4. The second-order valence-electron chi connectivity index (χ2n) is 35.8. The summed E-state index contributed by atoms with van der Waals surface area (Å²) in [6.07, 6.45) is 64.8. The van der Waals surface area contributed by atoms with Crippen molar-refractivity contribution >= 4 is 94.7 Å². The Balaban J connectivity index is 0.564. The van der Waals surface area contributed by atoms with E-state index < -0.39 is 0 Å². The number of rotatable bonds is 44. The summed E-state index contributed by atoms with van der Waals surface area (Å²) >= 11 is 0. The Bertz CT molecular complexity index is 5640. The van der Waals surface area contributed by atoms with Crippen LogP contribution in [-0.4, -0.2) is 4.57 Å². The first-order valence-corrected chi connectivity index (χ1v) is 48.0. The zero-order valence-electron chi connectivity index (χ0n) is 74.9. The van der Waals surface area contributed by atoms with Crippen LogP contribution >= 0.6 is 0 Å². The van der Waals surface area contributed by atoms with Gasteiger partial charge in [-0.05, 0) is 240 Å². The molecule has 0 spiro atoms. The minimum absolute atomic E-state index is 0.0299. The van der Waals surface area contributed by atoms with E-state index in [0.29, 0.717) is 0 Å². The Hall–Kier alpha value is -11.1. The smallest absolute Gasteiger partial charge is 0.0541 e. The van der Waals surface area contributed by atoms with E-state index in [9.17, 15) is 0 Å². The van der Waals surface area contributed by atoms with Gasteiger partial charge in [-0.25, -0.2) is 0 Å². The summed E-state index contributed by atoms with van der Waals surface area (Å²) in [6, 6.07) is 98.2. The molecule has 2 aliphatic rings. The molecule has 0 saturated heterocycles. The lowest BCUT2D eigenvalue weighted by atomic mass is 9.70. The van der Waals surface area contributed by atoms with Gasteiger partial charge in [0, 0.05) is 27.8 Å². The molecular formula is C122H133N. The van der Waals surface area contributed by atoms with Crippen molar-refractivity contribution in [2.75, 3.05) is 0 Å². The number of aromatic nitrogens is 1. The number of hydrogen-bond acceptors (Lipinski definition) is 0. The van der Waals surface area contributed by atoms with Crippen molar-refractivity contribution in [1.82, 2.24) is 4.57 Å². The van der Waals surface area contributed by atoms with Gasteiger partial charge in [0.25, 0.3) is 0 Å². The normalized spacial score (nSPS) is 13.1. The molecule has 1 heterocycles. The van der Waals surface area contributed by atoms with E-state index in [0.717, 1.165) is 25.7 Å². The van der Waals surface area contributed by atoms with Crippen molar-refractivity contribution in [3.63, 3.8) is 0 Å². The number of aryl methyl sites for hydroxylation is 4. The minimum atomic E-state index is -0.0299. The third-order valence-electron chi connectivity index (χ3n) is 26.6. The number of unbranched alkanes of at least 4 members (excludes halogenated alkanes) is 18. The molecule has 0 N–H and O–H groups in total. The first-order valence-electron chi connectivity index (χ1n) is 48.0. The number of nitrogens with zero attached hydrogens (tertiary/aromatic N) is 1. The molecule has 2 aliphatic carbocycles. The van der Waals surface area contributed by atoms with Crippen LogP contribution in [0.15, 0.2) is 255 Å². The van der Waals surface area contributed by atoms with Gasteiger partial charge in [-0.2, -0.15) is 0 Å².